The standard InChI is InChI=1S/C17H9ClF3N3O2/c18-12-5-8(1-2-13(12)20)16(25)23-24-17(26)10-3-9-4-11(19)6-14(21)15(9)22-7-10/h1-7H,(H,23,25)(H,24,26). The number of aromatic nitrogens is 1. The van der Waals surface area contributed by atoms with Gasteiger partial charge in [0.15, 0.2) is 5.82 Å². The Labute approximate surface area is 149 Å². The predicted octanol–water partition coefficient (Wildman–Crippen LogP) is 3.38. The van der Waals surface area contributed by atoms with Crippen LogP contribution in [0.4, 0.5) is 13.2 Å². The molecule has 9 heteroatoms. The van der Waals surface area contributed by atoms with Gasteiger partial charge in [-0.1, -0.05) is 11.6 Å². The van der Waals surface area contributed by atoms with Gasteiger partial charge in [0, 0.05) is 23.2 Å². The molecule has 2 aromatic carbocycles. The van der Waals surface area contributed by atoms with Gasteiger partial charge >= 0.3 is 0 Å². The molecule has 132 valence electrons. The van der Waals surface area contributed by atoms with Gasteiger partial charge in [-0.3, -0.25) is 25.4 Å². The first-order chi connectivity index (χ1) is 12.3. The highest BCUT2D eigenvalue weighted by Gasteiger charge is 2.13. The summed E-state index contributed by atoms with van der Waals surface area (Å²) in [6.45, 7) is 0. The molecule has 0 radical (unpaired) electrons. The van der Waals surface area contributed by atoms with Gasteiger partial charge in [-0.15, -0.1) is 0 Å². The number of carbonyl (C=O) groups is 2. The zero-order chi connectivity index (χ0) is 18.8. The second-order valence-electron chi connectivity index (χ2n) is 5.22. The Kier molecular flexibility index (Phi) is 4.77. The third-order valence-corrected chi connectivity index (χ3v) is 3.72. The minimum atomic E-state index is -0.853. The molecule has 0 saturated carbocycles. The number of rotatable bonds is 2. The van der Waals surface area contributed by atoms with E-state index in [1.54, 1.807) is 0 Å². The van der Waals surface area contributed by atoms with Crippen molar-refractivity contribution < 1.29 is 22.8 Å². The summed E-state index contributed by atoms with van der Waals surface area (Å²) in [7, 11) is 0. The number of nitrogens with one attached hydrogen (secondary N) is 2. The molecule has 0 fully saturated rings. The van der Waals surface area contributed by atoms with E-state index in [-0.39, 0.29) is 27.1 Å². The number of hydrogen-bond acceptors (Lipinski definition) is 3. The van der Waals surface area contributed by atoms with Crippen LogP contribution < -0.4 is 10.9 Å². The minimum Gasteiger partial charge on any atom is -0.267 e. The molecule has 2 amide bonds. The van der Waals surface area contributed by atoms with Gasteiger partial charge in [0.2, 0.25) is 0 Å². The second-order valence-corrected chi connectivity index (χ2v) is 5.63. The largest absolute Gasteiger partial charge is 0.271 e. The Morgan fingerprint density at radius 2 is 1.58 bits per heavy atom. The summed E-state index contributed by atoms with van der Waals surface area (Å²) in [4.78, 5) is 27.8. The van der Waals surface area contributed by atoms with Crippen molar-refractivity contribution in [2.24, 2.45) is 0 Å². The van der Waals surface area contributed by atoms with E-state index in [2.05, 4.69) is 15.8 Å². The van der Waals surface area contributed by atoms with Crippen molar-refractivity contribution in [3.8, 4) is 0 Å². The highest BCUT2D eigenvalue weighted by atomic mass is 35.5. The first-order valence-electron chi connectivity index (χ1n) is 7.15. The molecule has 26 heavy (non-hydrogen) atoms. The van der Waals surface area contributed by atoms with E-state index in [1.165, 1.54) is 12.1 Å². The fraction of sp³-hybridized carbons (Fsp3) is 0. The Bertz CT molecular complexity index is 1040. The average molecular weight is 380 g/mol. The molecule has 0 atom stereocenters. The number of nitrogens with zero attached hydrogens (tertiary/aromatic N) is 1. The summed E-state index contributed by atoms with van der Waals surface area (Å²) in [6, 6.07) is 6.23. The molecule has 3 aromatic rings. The van der Waals surface area contributed by atoms with Crippen LogP contribution in [0.15, 0.2) is 42.6 Å². The Hall–Kier alpha value is -3.13. The lowest BCUT2D eigenvalue weighted by Gasteiger charge is -2.08. The smallest absolute Gasteiger partial charge is 0.267 e. The van der Waals surface area contributed by atoms with Crippen molar-refractivity contribution in [2.75, 3.05) is 0 Å². The summed E-state index contributed by atoms with van der Waals surface area (Å²) in [5.74, 6) is -3.84. The molecule has 0 aliphatic rings. The normalized spacial score (nSPS) is 10.6. The van der Waals surface area contributed by atoms with Gasteiger partial charge in [-0.2, -0.15) is 0 Å². The van der Waals surface area contributed by atoms with Crippen LogP contribution in [0.1, 0.15) is 20.7 Å². The van der Waals surface area contributed by atoms with Crippen LogP contribution in [0.2, 0.25) is 5.02 Å². The Balaban J connectivity index is 1.74. The number of halogens is 4. The van der Waals surface area contributed by atoms with E-state index in [4.69, 9.17) is 11.6 Å². The number of hydrogen-bond donors (Lipinski definition) is 2. The maximum atomic E-state index is 13.6. The maximum Gasteiger partial charge on any atom is 0.271 e. The van der Waals surface area contributed by atoms with Crippen LogP contribution in [0, 0.1) is 17.5 Å². The molecular weight excluding hydrogens is 371 g/mol. The van der Waals surface area contributed by atoms with Crippen molar-refractivity contribution in [2.45, 2.75) is 0 Å². The molecular formula is C17H9ClF3N3O2. The number of amides is 2. The van der Waals surface area contributed by atoms with E-state index >= 15 is 0 Å². The molecule has 0 unspecified atom stereocenters. The Morgan fingerprint density at radius 1 is 0.885 bits per heavy atom. The third-order valence-electron chi connectivity index (χ3n) is 3.43. The first kappa shape index (κ1) is 17.7. The maximum absolute atomic E-state index is 13.6. The summed E-state index contributed by atoms with van der Waals surface area (Å²) >= 11 is 5.59. The molecule has 1 heterocycles. The molecule has 0 bridgehead atoms. The highest BCUT2D eigenvalue weighted by molar-refractivity contribution is 6.31. The zero-order valence-electron chi connectivity index (χ0n) is 12.8. The molecule has 0 spiro atoms. The van der Waals surface area contributed by atoms with Crippen molar-refractivity contribution >= 4 is 34.3 Å². The molecule has 1 aromatic heterocycles. The van der Waals surface area contributed by atoms with Crippen LogP contribution in [0.3, 0.4) is 0 Å². The summed E-state index contributed by atoms with van der Waals surface area (Å²) in [5, 5.41) is -0.154. The quantitative estimate of drug-likeness (QED) is 0.671. The van der Waals surface area contributed by atoms with E-state index in [0.29, 0.717) is 6.07 Å². The van der Waals surface area contributed by atoms with Crippen molar-refractivity contribution in [3.05, 3.63) is 76.2 Å². The molecule has 0 aliphatic carbocycles. The van der Waals surface area contributed by atoms with Crippen LogP contribution in [0.5, 0.6) is 0 Å². The summed E-state index contributed by atoms with van der Waals surface area (Å²) in [6.07, 6.45) is 1.08. The van der Waals surface area contributed by atoms with Crippen LogP contribution in [0.25, 0.3) is 10.9 Å². The fourth-order valence-corrected chi connectivity index (χ4v) is 2.37. The van der Waals surface area contributed by atoms with E-state index in [0.717, 1.165) is 24.4 Å². The number of benzene rings is 2. The van der Waals surface area contributed by atoms with Gasteiger partial charge in [0.25, 0.3) is 11.8 Å². The first-order valence-corrected chi connectivity index (χ1v) is 7.53. The van der Waals surface area contributed by atoms with Crippen LogP contribution in [-0.4, -0.2) is 16.8 Å². The van der Waals surface area contributed by atoms with Crippen molar-refractivity contribution in [1.29, 1.82) is 0 Å². The predicted molar refractivity (Wildman–Crippen MR) is 88.0 cm³/mol. The molecule has 0 saturated heterocycles. The third kappa shape index (κ3) is 3.60. The highest BCUT2D eigenvalue weighted by Crippen LogP contribution is 2.19. The molecule has 5 nitrogen and oxygen atoms in total. The monoisotopic (exact) mass is 379 g/mol. The average Bonchev–Trinajstić information content (AvgIpc) is 2.61. The van der Waals surface area contributed by atoms with Gasteiger partial charge in [-0.05, 0) is 30.3 Å². The van der Waals surface area contributed by atoms with Gasteiger partial charge in [0.05, 0.1) is 10.6 Å². The summed E-state index contributed by atoms with van der Waals surface area (Å²) < 4.78 is 39.9. The number of fused-ring (bicyclic) bond motifs is 1. The van der Waals surface area contributed by atoms with E-state index in [9.17, 15) is 22.8 Å². The van der Waals surface area contributed by atoms with Gasteiger partial charge < -0.3 is 0 Å². The van der Waals surface area contributed by atoms with Gasteiger partial charge in [0.1, 0.15) is 17.2 Å². The molecule has 3 rings (SSSR count). The number of carbonyl (C=O) groups excluding carboxylic acids is 2. The Morgan fingerprint density at radius 3 is 2.27 bits per heavy atom. The number of pyridine rings is 1. The van der Waals surface area contributed by atoms with E-state index in [1.807, 2.05) is 0 Å². The molecule has 2 N–H and O–H groups in total. The van der Waals surface area contributed by atoms with E-state index < -0.39 is 29.3 Å². The lowest BCUT2D eigenvalue weighted by atomic mass is 10.1. The summed E-state index contributed by atoms with van der Waals surface area (Å²) in [5.41, 5.74) is 4.15. The molecule has 0 aliphatic heterocycles. The SMILES string of the molecule is O=C(NNC(=O)c1cnc2c(F)cc(F)cc2c1)c1ccc(F)c(Cl)c1. The lowest BCUT2D eigenvalue weighted by Crippen LogP contribution is -2.41. The second kappa shape index (κ2) is 7.01. The zero-order valence-corrected chi connectivity index (χ0v) is 13.6. The topological polar surface area (TPSA) is 71.1 Å². The fourth-order valence-electron chi connectivity index (χ4n) is 2.19. The minimum absolute atomic E-state index is 0.0254. The number of hydrazine groups is 1. The lowest BCUT2D eigenvalue weighted by molar-refractivity contribution is 0.0846. The van der Waals surface area contributed by atoms with Crippen LogP contribution >= 0.6 is 11.6 Å². The van der Waals surface area contributed by atoms with Crippen molar-refractivity contribution in [3.63, 3.8) is 0 Å². The van der Waals surface area contributed by atoms with Crippen molar-refractivity contribution in [1.82, 2.24) is 15.8 Å². The van der Waals surface area contributed by atoms with Crippen LogP contribution in [-0.2, 0) is 0 Å². The van der Waals surface area contributed by atoms with Gasteiger partial charge in [-0.25, -0.2) is 13.2 Å².